The third-order valence-electron chi connectivity index (χ3n) is 6.82. The zero-order valence-corrected chi connectivity index (χ0v) is 25.8. The Kier molecular flexibility index (Phi) is 11.9. The minimum Gasteiger partial charge on any atom is -0.497 e. The van der Waals surface area contributed by atoms with Gasteiger partial charge in [0.25, 0.3) is 0 Å². The minimum atomic E-state index is -0.911. The number of aryl methyl sites for hydroxylation is 1. The lowest BCUT2D eigenvalue weighted by molar-refractivity contribution is -0.246. The number of esters is 2. The highest BCUT2D eigenvalue weighted by atomic mass is 32.2. The van der Waals surface area contributed by atoms with Crippen LogP contribution in [0.15, 0.2) is 77.7 Å². The summed E-state index contributed by atoms with van der Waals surface area (Å²) in [5.41, 5.74) is 2.35. The second-order valence-electron chi connectivity index (χ2n) is 10.1. The first-order chi connectivity index (χ1) is 20.7. The summed E-state index contributed by atoms with van der Waals surface area (Å²) in [5.74, 6) is 0.477. The molecule has 1 heterocycles. The Labute approximate surface area is 256 Å². The Hall–Kier alpha value is -3.57. The summed E-state index contributed by atoms with van der Waals surface area (Å²) < 4.78 is 41.3. The van der Waals surface area contributed by atoms with E-state index >= 15 is 0 Å². The highest BCUT2D eigenvalue weighted by Crippen LogP contribution is 2.38. The standard InChI is InChI=1S/C33H38O9S/c1-21-6-16-28(17-7-21)43-33-32(40-19-25-10-14-27(37-5)15-11-25)31(39-18-24-8-12-26(36-4)13-9-24)30(41-23(3)35)29(42-33)20-38-22(2)34/h6-17,29-33H,18-20H2,1-5H3/t29-,30-,31+,32-,33+/m1/s1. The van der Waals surface area contributed by atoms with E-state index < -0.39 is 41.8 Å². The zero-order chi connectivity index (χ0) is 30.8. The SMILES string of the molecule is COc1ccc(CO[C@@H]2[C@@H](OCc3ccc(OC)cc3)[C@H](Sc3ccc(C)cc3)O[C@H](COC(C)=O)[C@H]2OC(C)=O)cc1. The fourth-order valence-electron chi connectivity index (χ4n) is 4.59. The van der Waals surface area contributed by atoms with Crippen LogP contribution in [0.25, 0.3) is 0 Å². The monoisotopic (exact) mass is 610 g/mol. The predicted molar refractivity (Wildman–Crippen MR) is 161 cm³/mol. The molecular formula is C33H38O9S. The molecule has 1 fully saturated rings. The molecule has 0 bridgehead atoms. The maximum Gasteiger partial charge on any atom is 0.303 e. The van der Waals surface area contributed by atoms with E-state index in [0.29, 0.717) is 0 Å². The molecule has 43 heavy (non-hydrogen) atoms. The van der Waals surface area contributed by atoms with Gasteiger partial charge in [0, 0.05) is 18.7 Å². The summed E-state index contributed by atoms with van der Waals surface area (Å²) in [5, 5.41) is 0. The predicted octanol–water partition coefficient (Wildman–Crippen LogP) is 5.49. The van der Waals surface area contributed by atoms with Crippen LogP contribution in [0.5, 0.6) is 11.5 Å². The van der Waals surface area contributed by atoms with Crippen molar-refractivity contribution < 1.29 is 42.7 Å². The Morgan fingerprint density at radius 3 is 1.74 bits per heavy atom. The van der Waals surface area contributed by atoms with E-state index in [2.05, 4.69) is 0 Å². The van der Waals surface area contributed by atoms with Crippen molar-refractivity contribution in [3.8, 4) is 11.5 Å². The van der Waals surface area contributed by atoms with E-state index in [1.54, 1.807) is 14.2 Å². The number of carbonyl (C=O) groups is 2. The van der Waals surface area contributed by atoms with Crippen LogP contribution in [-0.4, -0.2) is 62.6 Å². The number of hydrogen-bond acceptors (Lipinski definition) is 10. The van der Waals surface area contributed by atoms with Crippen LogP contribution in [0.4, 0.5) is 0 Å². The smallest absolute Gasteiger partial charge is 0.303 e. The minimum absolute atomic E-state index is 0.119. The number of thioether (sulfide) groups is 1. The largest absolute Gasteiger partial charge is 0.497 e. The highest BCUT2D eigenvalue weighted by molar-refractivity contribution is 7.99. The van der Waals surface area contributed by atoms with Crippen molar-refractivity contribution in [2.24, 2.45) is 0 Å². The molecule has 3 aromatic carbocycles. The molecule has 9 nitrogen and oxygen atoms in total. The van der Waals surface area contributed by atoms with Gasteiger partial charge in [0.1, 0.15) is 41.9 Å². The number of rotatable bonds is 13. The Morgan fingerprint density at radius 1 is 0.721 bits per heavy atom. The molecule has 0 unspecified atom stereocenters. The summed E-state index contributed by atoms with van der Waals surface area (Å²) in [7, 11) is 3.22. The first-order valence-corrected chi connectivity index (χ1v) is 14.8. The van der Waals surface area contributed by atoms with Crippen LogP contribution in [0.1, 0.15) is 30.5 Å². The topological polar surface area (TPSA) is 98.8 Å². The van der Waals surface area contributed by atoms with Gasteiger partial charge in [0.2, 0.25) is 0 Å². The quantitative estimate of drug-likeness (QED) is 0.231. The molecule has 3 aromatic rings. The Bertz CT molecular complexity index is 1310. The van der Waals surface area contributed by atoms with Gasteiger partial charge in [-0.25, -0.2) is 0 Å². The van der Waals surface area contributed by atoms with Gasteiger partial charge in [0.15, 0.2) is 6.10 Å². The van der Waals surface area contributed by atoms with E-state index in [0.717, 1.165) is 33.1 Å². The summed E-state index contributed by atoms with van der Waals surface area (Å²) in [6.45, 7) is 4.99. The number of benzene rings is 3. The molecule has 5 atom stereocenters. The van der Waals surface area contributed by atoms with E-state index in [4.69, 9.17) is 33.2 Å². The molecule has 1 aliphatic heterocycles. The second-order valence-corrected chi connectivity index (χ2v) is 11.3. The van der Waals surface area contributed by atoms with Crippen LogP contribution in [-0.2, 0) is 46.5 Å². The number of ether oxygens (including phenoxy) is 7. The molecular weight excluding hydrogens is 572 g/mol. The molecule has 10 heteroatoms. The van der Waals surface area contributed by atoms with E-state index in [1.165, 1.54) is 25.6 Å². The Morgan fingerprint density at radius 2 is 1.26 bits per heavy atom. The van der Waals surface area contributed by atoms with Crippen molar-refractivity contribution in [3.05, 3.63) is 89.5 Å². The maximum absolute atomic E-state index is 12.3. The lowest BCUT2D eigenvalue weighted by atomic mass is 9.99. The molecule has 4 rings (SSSR count). The van der Waals surface area contributed by atoms with Crippen molar-refractivity contribution in [1.82, 2.24) is 0 Å². The van der Waals surface area contributed by atoms with Crippen LogP contribution in [0, 0.1) is 6.92 Å². The molecule has 0 aliphatic carbocycles. The van der Waals surface area contributed by atoms with Gasteiger partial charge in [-0.05, 0) is 54.4 Å². The fourth-order valence-corrected chi connectivity index (χ4v) is 5.71. The van der Waals surface area contributed by atoms with Crippen molar-refractivity contribution in [3.63, 3.8) is 0 Å². The molecule has 0 spiro atoms. The zero-order valence-electron chi connectivity index (χ0n) is 25.0. The van der Waals surface area contributed by atoms with Gasteiger partial charge < -0.3 is 33.2 Å². The first kappa shape index (κ1) is 32.3. The molecule has 0 N–H and O–H groups in total. The number of methoxy groups -OCH3 is 2. The summed E-state index contributed by atoms with van der Waals surface area (Å²) in [4.78, 5) is 25.0. The van der Waals surface area contributed by atoms with Gasteiger partial charge in [-0.15, -0.1) is 0 Å². The highest BCUT2D eigenvalue weighted by Gasteiger charge is 2.50. The fraction of sp³-hybridized carbons (Fsp3) is 0.394. The lowest BCUT2D eigenvalue weighted by Crippen LogP contribution is -2.60. The van der Waals surface area contributed by atoms with Crippen molar-refractivity contribution in [2.45, 2.75) is 68.7 Å². The first-order valence-electron chi connectivity index (χ1n) is 13.9. The Balaban J connectivity index is 1.68. The third-order valence-corrected chi connectivity index (χ3v) is 7.98. The van der Waals surface area contributed by atoms with Crippen LogP contribution < -0.4 is 9.47 Å². The maximum atomic E-state index is 12.3. The van der Waals surface area contributed by atoms with Crippen molar-refractivity contribution in [1.29, 1.82) is 0 Å². The average Bonchev–Trinajstić information content (AvgIpc) is 3.00. The number of carbonyl (C=O) groups excluding carboxylic acids is 2. The van der Waals surface area contributed by atoms with Gasteiger partial charge in [-0.1, -0.05) is 53.7 Å². The van der Waals surface area contributed by atoms with Gasteiger partial charge in [-0.2, -0.15) is 0 Å². The molecule has 1 saturated heterocycles. The van der Waals surface area contributed by atoms with Gasteiger partial charge in [-0.3, -0.25) is 9.59 Å². The van der Waals surface area contributed by atoms with Crippen molar-refractivity contribution in [2.75, 3.05) is 20.8 Å². The van der Waals surface area contributed by atoms with E-state index in [-0.39, 0.29) is 19.8 Å². The molecule has 0 saturated carbocycles. The molecule has 1 aliphatic rings. The van der Waals surface area contributed by atoms with Crippen molar-refractivity contribution >= 4 is 23.7 Å². The van der Waals surface area contributed by atoms with Gasteiger partial charge >= 0.3 is 11.9 Å². The van der Waals surface area contributed by atoms with Crippen LogP contribution in [0.3, 0.4) is 0 Å². The normalized spacial score (nSPS) is 21.6. The molecule has 0 radical (unpaired) electrons. The summed E-state index contributed by atoms with van der Waals surface area (Å²) >= 11 is 1.47. The molecule has 0 aromatic heterocycles. The number of hydrogen-bond donors (Lipinski definition) is 0. The summed E-state index contributed by atoms with van der Waals surface area (Å²) in [6.07, 6.45) is -3.14. The van der Waals surface area contributed by atoms with E-state index in [1.807, 2.05) is 79.7 Å². The third kappa shape index (κ3) is 9.46. The lowest BCUT2D eigenvalue weighted by Gasteiger charge is -2.45. The second kappa shape index (κ2) is 15.8. The average molecular weight is 611 g/mol. The van der Waals surface area contributed by atoms with Crippen LogP contribution in [0.2, 0.25) is 0 Å². The summed E-state index contributed by atoms with van der Waals surface area (Å²) in [6, 6.07) is 23.1. The molecule has 230 valence electrons. The van der Waals surface area contributed by atoms with Crippen LogP contribution >= 0.6 is 11.8 Å². The molecule has 0 amide bonds. The van der Waals surface area contributed by atoms with E-state index in [9.17, 15) is 9.59 Å². The van der Waals surface area contributed by atoms with Gasteiger partial charge in [0.05, 0.1) is 27.4 Å².